The Kier molecular flexibility index (Phi) is 4.83. The minimum Gasteiger partial charge on any atom is -0.332 e. The first kappa shape index (κ1) is 15.8. The molecule has 0 spiro atoms. The quantitative estimate of drug-likeness (QED) is 0.857. The van der Waals surface area contributed by atoms with Gasteiger partial charge in [0.1, 0.15) is 11.9 Å². The van der Waals surface area contributed by atoms with E-state index in [0.717, 1.165) is 6.42 Å². The van der Waals surface area contributed by atoms with Crippen LogP contribution in [0.1, 0.15) is 25.8 Å². The molecule has 6 heteroatoms. The third kappa shape index (κ3) is 3.18. The number of benzene rings is 1. The third-order valence-corrected chi connectivity index (χ3v) is 4.02. The second-order valence-electron chi connectivity index (χ2n) is 5.16. The van der Waals surface area contributed by atoms with Crippen molar-refractivity contribution < 1.29 is 14.0 Å². The summed E-state index contributed by atoms with van der Waals surface area (Å²) in [5.74, 6) is -0.760. The summed E-state index contributed by atoms with van der Waals surface area (Å²) in [6.07, 6.45) is 0.797. The molecule has 0 bridgehead atoms. The molecule has 1 saturated heterocycles. The largest absolute Gasteiger partial charge is 0.332 e. The summed E-state index contributed by atoms with van der Waals surface area (Å²) in [4.78, 5) is 27.4. The first-order valence-electron chi connectivity index (χ1n) is 6.96. The molecule has 1 aliphatic rings. The highest BCUT2D eigenvalue weighted by molar-refractivity contribution is 6.31. The zero-order valence-electron chi connectivity index (χ0n) is 12.1. The standard InChI is InChI=1S/C15H18ClFN2O2/c1-3-7-18-9-14(20)19(10(2)15(18)21)8-11-12(16)5-4-6-13(11)17/h4-6,10H,3,7-9H2,1-2H3/t10-/m1/s1. The van der Waals surface area contributed by atoms with E-state index < -0.39 is 11.9 Å². The van der Waals surface area contributed by atoms with Crippen LogP contribution < -0.4 is 0 Å². The maximum absolute atomic E-state index is 13.8. The van der Waals surface area contributed by atoms with E-state index >= 15 is 0 Å². The van der Waals surface area contributed by atoms with E-state index in [2.05, 4.69) is 0 Å². The lowest BCUT2D eigenvalue weighted by molar-refractivity contribution is -0.155. The zero-order chi connectivity index (χ0) is 15.6. The van der Waals surface area contributed by atoms with Crippen LogP contribution in [-0.2, 0) is 16.1 Å². The minimum atomic E-state index is -0.603. The molecule has 1 aromatic rings. The Labute approximate surface area is 128 Å². The SMILES string of the molecule is CCCN1CC(=O)N(Cc2c(F)cccc2Cl)[C@H](C)C1=O. The monoisotopic (exact) mass is 312 g/mol. The van der Waals surface area contributed by atoms with E-state index in [0.29, 0.717) is 6.54 Å². The van der Waals surface area contributed by atoms with Gasteiger partial charge in [-0.15, -0.1) is 0 Å². The van der Waals surface area contributed by atoms with Crippen LogP contribution in [0.15, 0.2) is 18.2 Å². The van der Waals surface area contributed by atoms with Gasteiger partial charge in [-0.05, 0) is 25.5 Å². The molecule has 0 unspecified atom stereocenters. The van der Waals surface area contributed by atoms with Crippen LogP contribution in [0.5, 0.6) is 0 Å². The molecule has 0 aliphatic carbocycles. The molecule has 4 nitrogen and oxygen atoms in total. The number of hydrogen-bond acceptors (Lipinski definition) is 2. The summed E-state index contributed by atoms with van der Waals surface area (Å²) in [6, 6.07) is 3.78. The highest BCUT2D eigenvalue weighted by Gasteiger charge is 2.36. The molecule has 2 amide bonds. The van der Waals surface area contributed by atoms with E-state index in [4.69, 9.17) is 11.6 Å². The van der Waals surface area contributed by atoms with E-state index in [9.17, 15) is 14.0 Å². The lowest BCUT2D eigenvalue weighted by atomic mass is 10.1. The number of amides is 2. The van der Waals surface area contributed by atoms with Gasteiger partial charge in [-0.1, -0.05) is 24.6 Å². The average Bonchev–Trinajstić information content (AvgIpc) is 2.43. The predicted molar refractivity (Wildman–Crippen MR) is 78.3 cm³/mol. The number of carbonyl (C=O) groups excluding carboxylic acids is 2. The second kappa shape index (κ2) is 6.43. The van der Waals surface area contributed by atoms with Crippen molar-refractivity contribution in [2.45, 2.75) is 32.9 Å². The number of piperazine rings is 1. The maximum Gasteiger partial charge on any atom is 0.245 e. The van der Waals surface area contributed by atoms with Gasteiger partial charge in [0.2, 0.25) is 11.8 Å². The summed E-state index contributed by atoms with van der Waals surface area (Å²) in [5, 5.41) is 0.262. The van der Waals surface area contributed by atoms with Gasteiger partial charge in [-0.2, -0.15) is 0 Å². The lowest BCUT2D eigenvalue weighted by Gasteiger charge is -2.38. The highest BCUT2D eigenvalue weighted by Crippen LogP contribution is 2.23. The molecule has 1 aliphatic heterocycles. The van der Waals surface area contributed by atoms with Crippen LogP contribution in [0.25, 0.3) is 0 Å². The van der Waals surface area contributed by atoms with Crippen molar-refractivity contribution in [2.24, 2.45) is 0 Å². The summed E-state index contributed by atoms with van der Waals surface area (Å²) < 4.78 is 13.8. The lowest BCUT2D eigenvalue weighted by Crippen LogP contribution is -2.58. The third-order valence-electron chi connectivity index (χ3n) is 3.67. The fraction of sp³-hybridized carbons (Fsp3) is 0.467. The fourth-order valence-corrected chi connectivity index (χ4v) is 2.71. The molecule has 21 heavy (non-hydrogen) atoms. The molecule has 0 N–H and O–H groups in total. The first-order chi connectivity index (χ1) is 9.95. The Balaban J connectivity index is 2.21. The van der Waals surface area contributed by atoms with Crippen LogP contribution in [0.4, 0.5) is 4.39 Å². The van der Waals surface area contributed by atoms with Crippen molar-refractivity contribution in [3.05, 3.63) is 34.6 Å². The van der Waals surface area contributed by atoms with Gasteiger partial charge < -0.3 is 9.80 Å². The van der Waals surface area contributed by atoms with Crippen LogP contribution in [0, 0.1) is 5.82 Å². The van der Waals surface area contributed by atoms with Crippen molar-refractivity contribution in [1.29, 1.82) is 0 Å². The molecule has 0 saturated carbocycles. The van der Waals surface area contributed by atoms with Crippen LogP contribution in [0.2, 0.25) is 5.02 Å². The van der Waals surface area contributed by atoms with E-state index in [1.807, 2.05) is 6.92 Å². The topological polar surface area (TPSA) is 40.6 Å². The molecule has 2 rings (SSSR count). The summed E-state index contributed by atoms with van der Waals surface area (Å²) >= 11 is 5.99. The molecular weight excluding hydrogens is 295 g/mol. The normalized spacial score (nSPS) is 19.3. The molecule has 114 valence electrons. The maximum atomic E-state index is 13.8. The van der Waals surface area contributed by atoms with Crippen molar-refractivity contribution >= 4 is 23.4 Å². The smallest absolute Gasteiger partial charge is 0.245 e. The Hall–Kier alpha value is -1.62. The van der Waals surface area contributed by atoms with Crippen LogP contribution >= 0.6 is 11.6 Å². The first-order valence-corrected chi connectivity index (χ1v) is 7.34. The van der Waals surface area contributed by atoms with Crippen molar-refractivity contribution in [3.63, 3.8) is 0 Å². The van der Waals surface area contributed by atoms with Crippen LogP contribution in [-0.4, -0.2) is 40.7 Å². The van der Waals surface area contributed by atoms with Gasteiger partial charge in [-0.25, -0.2) is 4.39 Å². The van der Waals surface area contributed by atoms with E-state index in [-0.39, 0.29) is 35.5 Å². The Morgan fingerprint density at radius 2 is 2.10 bits per heavy atom. The highest BCUT2D eigenvalue weighted by atomic mass is 35.5. The van der Waals surface area contributed by atoms with Gasteiger partial charge in [0.05, 0.1) is 13.1 Å². The molecule has 0 radical (unpaired) electrons. The summed E-state index contributed by atoms with van der Waals surface area (Å²) in [5.41, 5.74) is 0.246. The van der Waals surface area contributed by atoms with Crippen molar-refractivity contribution in [3.8, 4) is 0 Å². The second-order valence-corrected chi connectivity index (χ2v) is 5.56. The summed E-state index contributed by atoms with van der Waals surface area (Å²) in [6.45, 7) is 4.23. The average molecular weight is 313 g/mol. The summed E-state index contributed by atoms with van der Waals surface area (Å²) in [7, 11) is 0. The predicted octanol–water partition coefficient (Wildman–Crippen LogP) is 2.45. The molecule has 1 aromatic carbocycles. The van der Waals surface area contributed by atoms with Gasteiger partial charge in [-0.3, -0.25) is 9.59 Å². The van der Waals surface area contributed by atoms with Gasteiger partial charge in [0, 0.05) is 17.1 Å². The van der Waals surface area contributed by atoms with Gasteiger partial charge in [0.25, 0.3) is 0 Å². The van der Waals surface area contributed by atoms with Gasteiger partial charge >= 0.3 is 0 Å². The number of carbonyl (C=O) groups is 2. The molecule has 1 heterocycles. The van der Waals surface area contributed by atoms with E-state index in [1.165, 1.54) is 17.0 Å². The number of hydrogen-bond donors (Lipinski definition) is 0. The Bertz CT molecular complexity index is 544. The Morgan fingerprint density at radius 3 is 2.71 bits per heavy atom. The molecule has 1 atom stereocenters. The van der Waals surface area contributed by atoms with Crippen LogP contribution in [0.3, 0.4) is 0 Å². The zero-order valence-corrected chi connectivity index (χ0v) is 12.9. The molecule has 0 aromatic heterocycles. The van der Waals surface area contributed by atoms with E-state index in [1.54, 1.807) is 17.9 Å². The molecule has 1 fully saturated rings. The van der Waals surface area contributed by atoms with Crippen molar-refractivity contribution in [1.82, 2.24) is 9.80 Å². The minimum absolute atomic E-state index is 0.0111. The number of rotatable bonds is 4. The molecular formula is C15H18ClFN2O2. The Morgan fingerprint density at radius 1 is 1.38 bits per heavy atom. The number of halogens is 2. The number of nitrogens with zero attached hydrogens (tertiary/aromatic N) is 2. The van der Waals surface area contributed by atoms with Gasteiger partial charge in [0.15, 0.2) is 0 Å². The fourth-order valence-electron chi connectivity index (χ4n) is 2.48. The van der Waals surface area contributed by atoms with Crippen molar-refractivity contribution in [2.75, 3.05) is 13.1 Å².